The summed E-state index contributed by atoms with van der Waals surface area (Å²) in [6.07, 6.45) is 1.29. The Morgan fingerprint density at radius 2 is 1.71 bits per heavy atom. The van der Waals surface area contributed by atoms with Crippen molar-refractivity contribution >= 4 is 11.5 Å². The number of carbonyl (C=O) groups excluding carboxylic acids is 1. The molecule has 4 heteroatoms. The normalized spacial score (nSPS) is 11.9. The molecule has 0 aliphatic heterocycles. The van der Waals surface area contributed by atoms with Gasteiger partial charge in [0.15, 0.2) is 5.78 Å². The highest BCUT2D eigenvalue weighted by molar-refractivity contribution is 5.96. The van der Waals surface area contributed by atoms with Crippen molar-refractivity contribution in [1.82, 2.24) is 0 Å². The largest absolute Gasteiger partial charge is 0.294 e. The molecule has 0 heterocycles. The number of rotatable bonds is 6. The zero-order chi connectivity index (χ0) is 15.2. The number of ketones is 1. The summed E-state index contributed by atoms with van der Waals surface area (Å²) in [7, 11) is 0. The van der Waals surface area contributed by atoms with E-state index >= 15 is 0 Å². The van der Waals surface area contributed by atoms with Gasteiger partial charge in [-0.2, -0.15) is 0 Å². The Balaban J connectivity index is 2.11. The van der Waals surface area contributed by atoms with Crippen LogP contribution in [0.1, 0.15) is 41.6 Å². The molecule has 0 radical (unpaired) electrons. The average Bonchev–Trinajstić information content (AvgIpc) is 2.53. The summed E-state index contributed by atoms with van der Waals surface area (Å²) in [5, 5.41) is 10.6. The summed E-state index contributed by atoms with van der Waals surface area (Å²) in [5.74, 6) is 0.189. The molecule has 0 aliphatic rings. The molecule has 0 aromatic heterocycles. The molecule has 2 aromatic carbocycles. The summed E-state index contributed by atoms with van der Waals surface area (Å²) in [5.41, 5.74) is 1.67. The zero-order valence-electron chi connectivity index (χ0n) is 11.9. The van der Waals surface area contributed by atoms with Crippen molar-refractivity contribution in [2.75, 3.05) is 0 Å². The van der Waals surface area contributed by atoms with Gasteiger partial charge in [-0.1, -0.05) is 37.3 Å². The summed E-state index contributed by atoms with van der Waals surface area (Å²) in [6, 6.07) is 15.7. The second kappa shape index (κ2) is 6.79. The van der Waals surface area contributed by atoms with E-state index in [-0.39, 0.29) is 17.4 Å². The molecule has 21 heavy (non-hydrogen) atoms. The lowest BCUT2D eigenvalue weighted by Gasteiger charge is -2.14. The number of carbonyl (C=O) groups is 1. The van der Waals surface area contributed by atoms with Crippen molar-refractivity contribution in [2.45, 2.75) is 25.7 Å². The standard InChI is InChI=1S/C17H17NO3/c1-2-13(14-6-4-3-5-7-14)12-17(19)15-8-10-16(11-9-15)18(20)21/h3-11,13H,2,12H2,1H3. The van der Waals surface area contributed by atoms with E-state index in [9.17, 15) is 14.9 Å². The van der Waals surface area contributed by atoms with Crippen LogP contribution < -0.4 is 0 Å². The smallest absolute Gasteiger partial charge is 0.269 e. The molecule has 1 unspecified atom stereocenters. The molecule has 0 amide bonds. The van der Waals surface area contributed by atoms with E-state index in [0.29, 0.717) is 12.0 Å². The molecule has 2 rings (SSSR count). The second-order valence-corrected chi connectivity index (χ2v) is 4.95. The number of nitrogens with zero attached hydrogens (tertiary/aromatic N) is 1. The Morgan fingerprint density at radius 3 is 2.24 bits per heavy atom. The van der Waals surface area contributed by atoms with Crippen LogP contribution in [0, 0.1) is 10.1 Å². The zero-order valence-corrected chi connectivity index (χ0v) is 11.9. The highest BCUT2D eigenvalue weighted by atomic mass is 16.6. The van der Waals surface area contributed by atoms with E-state index in [4.69, 9.17) is 0 Å². The molecule has 2 aromatic rings. The predicted molar refractivity (Wildman–Crippen MR) is 81.5 cm³/mol. The van der Waals surface area contributed by atoms with E-state index in [1.165, 1.54) is 24.3 Å². The number of nitro groups is 1. The Hall–Kier alpha value is -2.49. The summed E-state index contributed by atoms with van der Waals surface area (Å²) < 4.78 is 0. The topological polar surface area (TPSA) is 60.2 Å². The molecule has 108 valence electrons. The minimum absolute atomic E-state index is 0.00153. The van der Waals surface area contributed by atoms with Crippen LogP contribution >= 0.6 is 0 Å². The van der Waals surface area contributed by atoms with Gasteiger partial charge in [0, 0.05) is 24.1 Å². The molecule has 1 atom stereocenters. The van der Waals surface area contributed by atoms with Crippen molar-refractivity contribution in [3.63, 3.8) is 0 Å². The first-order chi connectivity index (χ1) is 10.1. The van der Waals surface area contributed by atoms with Crippen molar-refractivity contribution in [3.05, 3.63) is 75.8 Å². The molecule has 0 spiro atoms. The van der Waals surface area contributed by atoms with Gasteiger partial charge in [-0.25, -0.2) is 0 Å². The molecule has 0 aliphatic carbocycles. The van der Waals surface area contributed by atoms with Crippen LogP contribution in [-0.4, -0.2) is 10.7 Å². The van der Waals surface area contributed by atoms with Crippen LogP contribution in [0.3, 0.4) is 0 Å². The van der Waals surface area contributed by atoms with E-state index in [1.807, 2.05) is 30.3 Å². The van der Waals surface area contributed by atoms with Gasteiger partial charge in [0.1, 0.15) is 0 Å². The van der Waals surface area contributed by atoms with Crippen LogP contribution in [0.2, 0.25) is 0 Å². The van der Waals surface area contributed by atoms with E-state index in [2.05, 4.69) is 6.92 Å². The van der Waals surface area contributed by atoms with Gasteiger partial charge in [0.05, 0.1) is 4.92 Å². The lowest BCUT2D eigenvalue weighted by atomic mass is 9.89. The Kier molecular flexibility index (Phi) is 4.82. The number of Topliss-reactive ketones (excluding diaryl/α,β-unsaturated/α-hetero) is 1. The predicted octanol–water partition coefficient (Wildman–Crippen LogP) is 4.36. The van der Waals surface area contributed by atoms with Gasteiger partial charge in [0.2, 0.25) is 0 Å². The van der Waals surface area contributed by atoms with Crippen molar-refractivity contribution in [2.24, 2.45) is 0 Å². The van der Waals surface area contributed by atoms with Gasteiger partial charge >= 0.3 is 0 Å². The summed E-state index contributed by atoms with van der Waals surface area (Å²) in [4.78, 5) is 22.4. The number of hydrogen-bond donors (Lipinski definition) is 0. The van der Waals surface area contributed by atoms with Crippen LogP contribution in [0.25, 0.3) is 0 Å². The molecular weight excluding hydrogens is 266 g/mol. The Morgan fingerprint density at radius 1 is 1.10 bits per heavy atom. The Bertz CT molecular complexity index is 620. The van der Waals surface area contributed by atoms with Crippen LogP contribution in [0.15, 0.2) is 54.6 Å². The highest BCUT2D eigenvalue weighted by Crippen LogP contribution is 2.25. The van der Waals surface area contributed by atoms with Crippen LogP contribution in [0.4, 0.5) is 5.69 Å². The molecule has 4 nitrogen and oxygen atoms in total. The number of benzene rings is 2. The molecular formula is C17H17NO3. The monoisotopic (exact) mass is 283 g/mol. The molecule has 0 saturated carbocycles. The maximum absolute atomic E-state index is 12.3. The highest BCUT2D eigenvalue weighted by Gasteiger charge is 2.16. The quantitative estimate of drug-likeness (QED) is 0.449. The number of hydrogen-bond acceptors (Lipinski definition) is 3. The average molecular weight is 283 g/mol. The number of non-ortho nitro benzene ring substituents is 1. The maximum atomic E-state index is 12.3. The first kappa shape index (κ1) is 14.9. The fourth-order valence-electron chi connectivity index (χ4n) is 2.33. The second-order valence-electron chi connectivity index (χ2n) is 4.95. The minimum atomic E-state index is -0.465. The van der Waals surface area contributed by atoms with Crippen molar-refractivity contribution < 1.29 is 9.72 Å². The van der Waals surface area contributed by atoms with Crippen LogP contribution in [0.5, 0.6) is 0 Å². The third kappa shape index (κ3) is 3.75. The van der Waals surface area contributed by atoms with Gasteiger partial charge in [-0.05, 0) is 30.0 Å². The first-order valence-corrected chi connectivity index (χ1v) is 6.94. The molecule has 0 fully saturated rings. The van der Waals surface area contributed by atoms with Gasteiger partial charge in [-0.3, -0.25) is 14.9 Å². The van der Waals surface area contributed by atoms with Gasteiger partial charge < -0.3 is 0 Å². The SMILES string of the molecule is CCC(CC(=O)c1ccc([N+](=O)[O-])cc1)c1ccccc1. The minimum Gasteiger partial charge on any atom is -0.294 e. The van der Waals surface area contributed by atoms with E-state index in [0.717, 1.165) is 12.0 Å². The van der Waals surface area contributed by atoms with Crippen molar-refractivity contribution in [1.29, 1.82) is 0 Å². The van der Waals surface area contributed by atoms with E-state index < -0.39 is 4.92 Å². The van der Waals surface area contributed by atoms with Crippen LogP contribution in [-0.2, 0) is 0 Å². The Labute approximate surface area is 123 Å². The molecule has 0 saturated heterocycles. The molecule has 0 N–H and O–H groups in total. The fourth-order valence-corrected chi connectivity index (χ4v) is 2.33. The third-order valence-corrected chi connectivity index (χ3v) is 3.60. The van der Waals surface area contributed by atoms with Gasteiger partial charge in [0.25, 0.3) is 5.69 Å². The van der Waals surface area contributed by atoms with Crippen molar-refractivity contribution in [3.8, 4) is 0 Å². The summed E-state index contributed by atoms with van der Waals surface area (Å²) >= 11 is 0. The van der Waals surface area contributed by atoms with E-state index in [1.54, 1.807) is 0 Å². The van der Waals surface area contributed by atoms with Gasteiger partial charge in [-0.15, -0.1) is 0 Å². The molecule has 0 bridgehead atoms. The third-order valence-electron chi connectivity index (χ3n) is 3.60. The number of nitro benzene ring substituents is 1. The summed E-state index contributed by atoms with van der Waals surface area (Å²) in [6.45, 7) is 2.06. The lowest BCUT2D eigenvalue weighted by Crippen LogP contribution is -2.07. The first-order valence-electron chi connectivity index (χ1n) is 6.94. The fraction of sp³-hybridized carbons (Fsp3) is 0.235. The lowest BCUT2D eigenvalue weighted by molar-refractivity contribution is -0.384. The maximum Gasteiger partial charge on any atom is 0.269 e.